The van der Waals surface area contributed by atoms with Crippen molar-refractivity contribution in [3.63, 3.8) is 0 Å². The van der Waals surface area contributed by atoms with Crippen molar-refractivity contribution < 1.29 is 9.90 Å². The van der Waals surface area contributed by atoms with E-state index in [4.69, 9.17) is 11.6 Å². The number of pyridine rings is 1. The van der Waals surface area contributed by atoms with Crippen LogP contribution in [0.25, 0.3) is 6.08 Å². The van der Waals surface area contributed by atoms with Crippen LogP contribution in [0.2, 0.25) is 5.15 Å². The number of halogens is 1. The summed E-state index contributed by atoms with van der Waals surface area (Å²) >= 11 is 5.68. The average Bonchev–Trinajstić information content (AvgIpc) is 2.87. The molecule has 0 unspecified atom stereocenters. The van der Waals surface area contributed by atoms with E-state index in [1.54, 1.807) is 24.4 Å². The summed E-state index contributed by atoms with van der Waals surface area (Å²) in [7, 11) is 0. The van der Waals surface area contributed by atoms with E-state index >= 15 is 0 Å². The number of aliphatic hydroxyl groups excluding tert-OH is 1. The van der Waals surface area contributed by atoms with E-state index in [2.05, 4.69) is 10.3 Å². The minimum absolute atomic E-state index is 0.00488. The minimum atomic E-state index is -0.431. The maximum absolute atomic E-state index is 11.8. The Hall–Kier alpha value is -1.39. The second-order valence-electron chi connectivity index (χ2n) is 4.88. The third-order valence-electron chi connectivity index (χ3n) is 3.43. The van der Waals surface area contributed by atoms with Gasteiger partial charge in [0.1, 0.15) is 5.15 Å². The van der Waals surface area contributed by atoms with Crippen LogP contribution < -0.4 is 5.32 Å². The summed E-state index contributed by atoms with van der Waals surface area (Å²) in [6.45, 7) is -0.00488. The van der Waals surface area contributed by atoms with Crippen LogP contribution in [0.5, 0.6) is 0 Å². The molecule has 1 aromatic heterocycles. The molecule has 1 aliphatic carbocycles. The minimum Gasteiger partial charge on any atom is -0.394 e. The normalized spacial score (nSPS) is 17.8. The van der Waals surface area contributed by atoms with Gasteiger partial charge in [-0.1, -0.05) is 30.5 Å². The third-order valence-corrected chi connectivity index (χ3v) is 3.65. The van der Waals surface area contributed by atoms with E-state index in [9.17, 15) is 9.90 Å². The first-order valence-corrected chi connectivity index (χ1v) is 6.74. The predicted molar refractivity (Wildman–Crippen MR) is 74.7 cm³/mol. The fourth-order valence-electron chi connectivity index (χ4n) is 2.34. The molecule has 1 aliphatic rings. The lowest BCUT2D eigenvalue weighted by Gasteiger charge is -2.27. The molecule has 2 rings (SSSR count). The molecule has 5 heteroatoms. The number of rotatable bonds is 4. The molecule has 0 spiro atoms. The van der Waals surface area contributed by atoms with Gasteiger partial charge in [-0.3, -0.25) is 4.79 Å². The van der Waals surface area contributed by atoms with Crippen LogP contribution in [-0.2, 0) is 4.79 Å². The highest BCUT2D eigenvalue weighted by atomic mass is 35.5. The predicted octanol–water partition coefficient (Wildman–Crippen LogP) is 2.17. The summed E-state index contributed by atoms with van der Waals surface area (Å²) in [5, 5.41) is 12.7. The molecule has 0 saturated heterocycles. The second kappa shape index (κ2) is 6.17. The number of carbonyl (C=O) groups excluding carboxylic acids is 1. The fraction of sp³-hybridized carbons (Fsp3) is 0.429. The largest absolute Gasteiger partial charge is 0.394 e. The molecule has 1 saturated carbocycles. The van der Waals surface area contributed by atoms with Gasteiger partial charge >= 0.3 is 0 Å². The first-order chi connectivity index (χ1) is 9.13. The Morgan fingerprint density at radius 1 is 1.47 bits per heavy atom. The van der Waals surface area contributed by atoms with Crippen LogP contribution in [0.4, 0.5) is 0 Å². The molecule has 0 radical (unpaired) electrons. The second-order valence-corrected chi connectivity index (χ2v) is 5.27. The Morgan fingerprint density at radius 3 is 2.79 bits per heavy atom. The van der Waals surface area contributed by atoms with Crippen molar-refractivity contribution in [3.05, 3.63) is 35.1 Å². The highest BCUT2D eigenvalue weighted by molar-refractivity contribution is 6.29. The molecule has 1 aromatic rings. The van der Waals surface area contributed by atoms with Gasteiger partial charge in [-0.05, 0) is 30.5 Å². The molecule has 2 N–H and O–H groups in total. The van der Waals surface area contributed by atoms with E-state index in [-0.39, 0.29) is 12.5 Å². The fourth-order valence-corrected chi connectivity index (χ4v) is 2.45. The smallest absolute Gasteiger partial charge is 0.244 e. The molecule has 0 bridgehead atoms. The zero-order valence-electron chi connectivity index (χ0n) is 10.6. The van der Waals surface area contributed by atoms with Crippen molar-refractivity contribution in [3.8, 4) is 0 Å². The number of carbonyl (C=O) groups is 1. The number of hydrogen-bond donors (Lipinski definition) is 2. The number of aliphatic hydroxyl groups is 1. The van der Waals surface area contributed by atoms with Crippen LogP contribution in [0, 0.1) is 0 Å². The summed E-state index contributed by atoms with van der Waals surface area (Å²) in [4.78, 5) is 15.8. The van der Waals surface area contributed by atoms with Crippen molar-refractivity contribution >= 4 is 23.6 Å². The summed E-state index contributed by atoms with van der Waals surface area (Å²) in [5.74, 6) is -0.189. The molecular formula is C14H17ClN2O2. The summed E-state index contributed by atoms with van der Waals surface area (Å²) in [6, 6.07) is 3.46. The summed E-state index contributed by atoms with van der Waals surface area (Å²) in [5.41, 5.74) is 0.378. The Kier molecular flexibility index (Phi) is 4.56. The molecule has 0 aromatic carbocycles. The molecule has 0 aliphatic heterocycles. The Bertz CT molecular complexity index is 465. The third kappa shape index (κ3) is 3.78. The van der Waals surface area contributed by atoms with Gasteiger partial charge in [0.2, 0.25) is 5.91 Å². The Labute approximate surface area is 117 Å². The van der Waals surface area contributed by atoms with Gasteiger partial charge < -0.3 is 10.4 Å². The van der Waals surface area contributed by atoms with Gasteiger partial charge in [0.15, 0.2) is 0 Å². The molecule has 4 nitrogen and oxygen atoms in total. The average molecular weight is 281 g/mol. The quantitative estimate of drug-likeness (QED) is 0.656. The number of nitrogens with zero attached hydrogens (tertiary/aromatic N) is 1. The van der Waals surface area contributed by atoms with Crippen LogP contribution in [-0.4, -0.2) is 28.1 Å². The lowest BCUT2D eigenvalue weighted by molar-refractivity contribution is -0.118. The van der Waals surface area contributed by atoms with Crippen LogP contribution in [0.3, 0.4) is 0 Å². The lowest BCUT2D eigenvalue weighted by Crippen LogP contribution is -2.48. The molecule has 102 valence electrons. The van der Waals surface area contributed by atoms with E-state index in [0.29, 0.717) is 5.15 Å². The van der Waals surface area contributed by atoms with Gasteiger partial charge in [-0.2, -0.15) is 0 Å². The standard InChI is InChI=1S/C14H17ClN2O2/c15-12-5-3-11(9-16-12)4-6-13(19)17-14(10-18)7-1-2-8-14/h3-6,9,18H,1-2,7-8,10H2,(H,17,19)/b6-4+. The van der Waals surface area contributed by atoms with Crippen molar-refractivity contribution in [2.45, 2.75) is 31.2 Å². The van der Waals surface area contributed by atoms with Gasteiger partial charge in [0.05, 0.1) is 12.1 Å². The maximum Gasteiger partial charge on any atom is 0.244 e. The molecule has 1 amide bonds. The maximum atomic E-state index is 11.8. The van der Waals surface area contributed by atoms with Crippen molar-refractivity contribution in [1.82, 2.24) is 10.3 Å². The van der Waals surface area contributed by atoms with E-state index in [1.165, 1.54) is 6.08 Å². The Morgan fingerprint density at radius 2 is 2.21 bits per heavy atom. The summed E-state index contributed by atoms with van der Waals surface area (Å²) < 4.78 is 0. The number of hydrogen-bond acceptors (Lipinski definition) is 3. The first kappa shape index (κ1) is 14.0. The SMILES string of the molecule is O=C(/C=C/c1ccc(Cl)nc1)NC1(CO)CCCC1. The van der Waals surface area contributed by atoms with Crippen molar-refractivity contribution in [1.29, 1.82) is 0 Å². The topological polar surface area (TPSA) is 62.2 Å². The molecule has 1 fully saturated rings. The molecule has 0 atom stereocenters. The van der Waals surface area contributed by atoms with Crippen molar-refractivity contribution in [2.75, 3.05) is 6.61 Å². The number of amides is 1. The van der Waals surface area contributed by atoms with Gasteiger partial charge in [0, 0.05) is 12.3 Å². The first-order valence-electron chi connectivity index (χ1n) is 6.36. The van der Waals surface area contributed by atoms with Crippen LogP contribution in [0.1, 0.15) is 31.2 Å². The number of aromatic nitrogens is 1. The molecular weight excluding hydrogens is 264 g/mol. The van der Waals surface area contributed by atoms with E-state index in [0.717, 1.165) is 31.2 Å². The van der Waals surface area contributed by atoms with E-state index < -0.39 is 5.54 Å². The zero-order chi connectivity index (χ0) is 13.7. The highest BCUT2D eigenvalue weighted by Gasteiger charge is 2.33. The highest BCUT2D eigenvalue weighted by Crippen LogP contribution is 2.29. The van der Waals surface area contributed by atoms with Crippen LogP contribution >= 0.6 is 11.6 Å². The van der Waals surface area contributed by atoms with Gasteiger partial charge in [-0.25, -0.2) is 4.98 Å². The summed E-state index contributed by atoms with van der Waals surface area (Å²) in [6.07, 6.45) is 8.51. The van der Waals surface area contributed by atoms with Gasteiger partial charge in [0.25, 0.3) is 0 Å². The monoisotopic (exact) mass is 280 g/mol. The van der Waals surface area contributed by atoms with Crippen molar-refractivity contribution in [2.24, 2.45) is 0 Å². The van der Waals surface area contributed by atoms with Crippen LogP contribution in [0.15, 0.2) is 24.4 Å². The Balaban J connectivity index is 1.95. The molecule has 1 heterocycles. The lowest BCUT2D eigenvalue weighted by atomic mass is 9.99. The zero-order valence-corrected chi connectivity index (χ0v) is 11.4. The molecule has 19 heavy (non-hydrogen) atoms. The van der Waals surface area contributed by atoms with E-state index in [1.807, 2.05) is 0 Å². The number of nitrogens with one attached hydrogen (secondary N) is 1. The van der Waals surface area contributed by atoms with Gasteiger partial charge in [-0.15, -0.1) is 0 Å².